The average Bonchev–Trinajstić information content (AvgIpc) is 4.08. The second kappa shape index (κ2) is 15.7. The fourth-order valence-corrected chi connectivity index (χ4v) is 12.1. The molecule has 0 unspecified atom stereocenters. The summed E-state index contributed by atoms with van der Waals surface area (Å²) in [5.41, 5.74) is 19.9. The third kappa shape index (κ3) is 6.26. The van der Waals surface area contributed by atoms with Crippen molar-refractivity contribution in [3.63, 3.8) is 0 Å². The molecule has 3 heterocycles. The number of para-hydroxylation sites is 3. The fourth-order valence-electron chi connectivity index (χ4n) is 12.1. The van der Waals surface area contributed by atoms with E-state index in [0.29, 0.717) is 11.4 Å². The average molecular weight is 931 g/mol. The summed E-state index contributed by atoms with van der Waals surface area (Å²) in [6.07, 6.45) is 0. The van der Waals surface area contributed by atoms with E-state index in [1.165, 1.54) is 22.2 Å². The highest BCUT2D eigenvalue weighted by molar-refractivity contribution is 7.00. The van der Waals surface area contributed by atoms with Gasteiger partial charge in [0.25, 0.3) is 6.71 Å². The molecule has 1 aliphatic carbocycles. The van der Waals surface area contributed by atoms with Crippen LogP contribution in [0.25, 0.3) is 44.2 Å². The number of rotatable bonds is 6. The Bertz CT molecular complexity index is 4270. The maximum atomic E-state index is 9.63. The first-order valence-electron chi connectivity index (χ1n) is 27.4. The van der Waals surface area contributed by atoms with E-state index < -0.39 is 18.1 Å². The smallest absolute Gasteiger partial charge is 0.252 e. The van der Waals surface area contributed by atoms with Gasteiger partial charge in [0.15, 0.2) is 0 Å². The Kier molecular flexibility index (Phi) is 8.15. The highest BCUT2D eigenvalue weighted by atomic mass is 16.3. The number of benzene rings is 10. The molecule has 0 fully saturated rings. The standard InChI is InChI=1S/C67H52BN3O/c1-66(2,3)44-34-38-56(50(40-44)43-20-8-6-9-21-43)69(45-22-10-7-11-23-45)47-35-37-55-61(42-47)71(58-30-18-27-53-64(58)49-25-12-14-26-52(49)67(53,4)5)60-32-19-31-59-65(60)68(55)54-28-15-16-29-57(54)70(59)46-36-39-63-51(41-46)48-24-13-17-33-62(48)72-63/h6-42H,1-5H3/i7D,10D,11D,22D,23D. The first-order valence-corrected chi connectivity index (χ1v) is 24.9. The van der Waals surface area contributed by atoms with Gasteiger partial charge in [0.1, 0.15) is 11.2 Å². The van der Waals surface area contributed by atoms with Crippen LogP contribution in [0.4, 0.5) is 51.2 Å². The highest BCUT2D eigenvalue weighted by Gasteiger charge is 2.45. The normalized spacial score (nSPS) is 14.9. The van der Waals surface area contributed by atoms with Crippen LogP contribution in [0.2, 0.25) is 0 Å². The Balaban J connectivity index is 1.07. The molecule has 4 nitrogen and oxygen atoms in total. The van der Waals surface area contributed by atoms with E-state index in [4.69, 9.17) is 8.53 Å². The number of nitrogens with zero attached hydrogens (tertiary/aromatic N) is 3. The summed E-state index contributed by atoms with van der Waals surface area (Å²) in [4.78, 5) is 6.74. The van der Waals surface area contributed by atoms with Crippen LogP contribution in [-0.4, -0.2) is 6.71 Å². The van der Waals surface area contributed by atoms with Gasteiger partial charge in [-0.1, -0.05) is 174 Å². The van der Waals surface area contributed by atoms with Gasteiger partial charge in [0, 0.05) is 67.1 Å². The molecule has 0 radical (unpaired) electrons. The van der Waals surface area contributed by atoms with Crippen LogP contribution in [0.1, 0.15) is 58.2 Å². The minimum Gasteiger partial charge on any atom is -0.456 e. The van der Waals surface area contributed by atoms with Gasteiger partial charge < -0.3 is 19.1 Å². The predicted molar refractivity (Wildman–Crippen MR) is 304 cm³/mol. The highest BCUT2D eigenvalue weighted by Crippen LogP contribution is 2.56. The van der Waals surface area contributed by atoms with E-state index in [1.807, 2.05) is 35.2 Å². The van der Waals surface area contributed by atoms with Crippen LogP contribution in [0, 0.1) is 0 Å². The van der Waals surface area contributed by atoms with Crippen molar-refractivity contribution < 1.29 is 11.3 Å². The summed E-state index contributed by atoms with van der Waals surface area (Å²) < 4.78 is 52.5. The molecule has 0 bridgehead atoms. The lowest BCUT2D eigenvalue weighted by molar-refractivity contribution is 0.590. The van der Waals surface area contributed by atoms with Gasteiger partial charge in [-0.05, 0) is 135 Å². The number of anilines is 9. The maximum absolute atomic E-state index is 9.63. The predicted octanol–water partition coefficient (Wildman–Crippen LogP) is 16.4. The van der Waals surface area contributed by atoms with E-state index in [9.17, 15) is 2.74 Å². The van der Waals surface area contributed by atoms with E-state index in [1.54, 1.807) is 0 Å². The lowest BCUT2D eigenvalue weighted by Crippen LogP contribution is -2.61. The Morgan fingerprint density at radius 3 is 2.04 bits per heavy atom. The molecule has 5 heteroatoms. The summed E-state index contributed by atoms with van der Waals surface area (Å²) in [6, 6.07) is 66.8. The van der Waals surface area contributed by atoms with Gasteiger partial charge in [-0.25, -0.2) is 0 Å². The molecule has 11 aromatic rings. The molecule has 10 aromatic carbocycles. The number of hydrogen-bond acceptors (Lipinski definition) is 4. The van der Waals surface area contributed by atoms with Crippen LogP contribution >= 0.6 is 0 Å². The number of fused-ring (bicyclic) bond motifs is 10. The van der Waals surface area contributed by atoms with Crippen molar-refractivity contribution in [2.45, 2.75) is 45.4 Å². The Labute approximate surface area is 429 Å². The van der Waals surface area contributed by atoms with Gasteiger partial charge in [0.2, 0.25) is 0 Å². The van der Waals surface area contributed by atoms with Gasteiger partial charge in [-0.15, -0.1) is 0 Å². The molecule has 0 N–H and O–H groups in total. The van der Waals surface area contributed by atoms with E-state index in [2.05, 4.69) is 208 Å². The SMILES string of the molecule is [2H]c1c([2H])c([2H])c(N(c2ccc3c(c2)N(c2cccc4c2-c2ccccc2C4(C)C)c2cccc4c2B3c2ccccc2N4c2ccc3oc4ccccc4c3c2)c2ccc(C(C)(C)C)cc2-c2ccccc2)c([2H])c1[2H]. The Morgan fingerprint density at radius 2 is 1.19 bits per heavy atom. The summed E-state index contributed by atoms with van der Waals surface area (Å²) in [6.45, 7) is 11.0. The Hall–Kier alpha value is -8.54. The van der Waals surface area contributed by atoms with Crippen molar-refractivity contribution in [1.82, 2.24) is 0 Å². The molecule has 1 aromatic heterocycles. The summed E-state index contributed by atoms with van der Waals surface area (Å²) in [5, 5.41) is 2.12. The lowest BCUT2D eigenvalue weighted by atomic mass is 9.33. The molecule has 0 saturated heterocycles. The lowest BCUT2D eigenvalue weighted by Gasteiger charge is -2.44. The van der Waals surface area contributed by atoms with Crippen molar-refractivity contribution >= 4 is 96.2 Å². The molecule has 14 rings (SSSR count). The topological polar surface area (TPSA) is 22.9 Å². The Morgan fingerprint density at radius 1 is 0.514 bits per heavy atom. The minimum absolute atomic E-state index is 0.0685. The van der Waals surface area contributed by atoms with Crippen molar-refractivity contribution in [3.05, 3.63) is 241 Å². The second-order valence-corrected chi connectivity index (χ2v) is 20.9. The maximum Gasteiger partial charge on any atom is 0.252 e. The zero-order valence-corrected chi connectivity index (χ0v) is 40.8. The molecule has 344 valence electrons. The van der Waals surface area contributed by atoms with Gasteiger partial charge in [-0.2, -0.15) is 0 Å². The van der Waals surface area contributed by atoms with Crippen molar-refractivity contribution in [2.24, 2.45) is 0 Å². The van der Waals surface area contributed by atoms with Crippen molar-refractivity contribution in [2.75, 3.05) is 14.7 Å². The zero-order chi connectivity index (χ0) is 52.8. The first-order chi connectivity index (χ1) is 37.2. The van der Waals surface area contributed by atoms with Crippen molar-refractivity contribution in [3.8, 4) is 22.3 Å². The molecule has 2 aliphatic heterocycles. The molecule has 3 aliphatic rings. The first kappa shape index (κ1) is 37.3. The summed E-state index contributed by atoms with van der Waals surface area (Å²) in [7, 11) is 0. The summed E-state index contributed by atoms with van der Waals surface area (Å²) in [5.74, 6) is 0. The molecular formula is C67H52BN3O. The third-order valence-corrected chi connectivity index (χ3v) is 15.5. The molecule has 0 amide bonds. The molecule has 72 heavy (non-hydrogen) atoms. The molecule has 0 spiro atoms. The second-order valence-electron chi connectivity index (χ2n) is 20.9. The van der Waals surface area contributed by atoms with Crippen LogP contribution < -0.4 is 31.1 Å². The molecular weight excluding hydrogens is 874 g/mol. The van der Waals surface area contributed by atoms with E-state index >= 15 is 0 Å². The molecule has 0 saturated carbocycles. The summed E-state index contributed by atoms with van der Waals surface area (Å²) >= 11 is 0. The quantitative estimate of drug-likeness (QED) is 0.155. The van der Waals surface area contributed by atoms with Gasteiger partial charge >= 0.3 is 0 Å². The fraction of sp³-hybridized carbons (Fsp3) is 0.104. The number of hydrogen-bond donors (Lipinski definition) is 0. The van der Waals surface area contributed by atoms with E-state index in [-0.39, 0.29) is 35.3 Å². The zero-order valence-electron chi connectivity index (χ0n) is 45.8. The number of furan rings is 1. The van der Waals surface area contributed by atoms with Crippen LogP contribution in [0.3, 0.4) is 0 Å². The van der Waals surface area contributed by atoms with Gasteiger partial charge in [0.05, 0.1) is 18.2 Å². The van der Waals surface area contributed by atoms with Gasteiger partial charge in [-0.3, -0.25) is 0 Å². The molecule has 0 atom stereocenters. The van der Waals surface area contributed by atoms with Crippen LogP contribution in [0.15, 0.2) is 229 Å². The van der Waals surface area contributed by atoms with Crippen LogP contribution in [0.5, 0.6) is 0 Å². The minimum atomic E-state index is -0.441. The van der Waals surface area contributed by atoms with E-state index in [0.717, 1.165) is 89.2 Å². The largest absolute Gasteiger partial charge is 0.456 e. The monoisotopic (exact) mass is 930 g/mol. The third-order valence-electron chi connectivity index (χ3n) is 15.5. The van der Waals surface area contributed by atoms with Crippen LogP contribution in [-0.2, 0) is 10.8 Å². The van der Waals surface area contributed by atoms with Crippen molar-refractivity contribution in [1.29, 1.82) is 0 Å².